The second-order valence-corrected chi connectivity index (χ2v) is 8.61. The summed E-state index contributed by atoms with van der Waals surface area (Å²) in [5.41, 5.74) is -0.475. The third-order valence-corrected chi connectivity index (χ3v) is 5.54. The van der Waals surface area contributed by atoms with Crippen LogP contribution in [-0.4, -0.2) is 36.1 Å². The summed E-state index contributed by atoms with van der Waals surface area (Å²) in [5.74, 6) is -0.714. The van der Waals surface area contributed by atoms with Crippen LogP contribution >= 0.6 is 43.5 Å². The molecule has 2 aromatic heterocycles. The van der Waals surface area contributed by atoms with Gasteiger partial charge in [0.15, 0.2) is 22.6 Å². The number of hydrogen-bond donors (Lipinski definition) is 0. The van der Waals surface area contributed by atoms with E-state index in [-0.39, 0.29) is 16.9 Å². The van der Waals surface area contributed by atoms with E-state index in [4.69, 9.17) is 16.3 Å². The number of rotatable bonds is 2. The molecule has 1 aliphatic heterocycles. The summed E-state index contributed by atoms with van der Waals surface area (Å²) < 4.78 is 32.2. The number of anilines is 1. The second-order valence-electron chi connectivity index (χ2n) is 6.42. The van der Waals surface area contributed by atoms with E-state index in [1.165, 1.54) is 25.4 Å². The van der Waals surface area contributed by atoms with E-state index < -0.39 is 11.2 Å². The van der Waals surface area contributed by atoms with E-state index in [9.17, 15) is 13.6 Å². The normalized spacial score (nSPS) is 15.5. The number of pyridine rings is 2. The standard InChI is InChI=1S/C13H16BrFN2O2.C5H2BrClFN/c1-13(12(18)19-2)3-5-17(6-4-13)11-10(15)7-9(14)8-16-11;6-3-1-4(8)5(7)9-2-3/h7-8H,3-6H2,1-2H3;1-2H. The van der Waals surface area contributed by atoms with Crippen molar-refractivity contribution in [3.8, 4) is 0 Å². The van der Waals surface area contributed by atoms with Crippen LogP contribution in [0.5, 0.6) is 0 Å². The molecule has 1 aliphatic rings. The van der Waals surface area contributed by atoms with Gasteiger partial charge in [0.2, 0.25) is 0 Å². The number of esters is 1. The van der Waals surface area contributed by atoms with Gasteiger partial charge in [-0.05, 0) is 63.8 Å². The van der Waals surface area contributed by atoms with Gasteiger partial charge in [0.05, 0.1) is 12.5 Å². The monoisotopic (exact) mass is 539 g/mol. The Morgan fingerprint density at radius 1 is 1.14 bits per heavy atom. The number of aromatic nitrogens is 2. The quantitative estimate of drug-likeness (QED) is 0.377. The third kappa shape index (κ3) is 5.84. The minimum Gasteiger partial charge on any atom is -0.469 e. The van der Waals surface area contributed by atoms with Crippen LogP contribution in [0.15, 0.2) is 33.5 Å². The fourth-order valence-corrected chi connectivity index (χ4v) is 3.41. The molecule has 0 spiro atoms. The molecule has 0 bridgehead atoms. The lowest BCUT2D eigenvalue weighted by molar-refractivity contribution is -0.152. The molecular weight excluding hydrogens is 523 g/mol. The largest absolute Gasteiger partial charge is 0.469 e. The number of piperidine rings is 1. The van der Waals surface area contributed by atoms with Gasteiger partial charge in [-0.3, -0.25) is 4.79 Å². The number of carbonyl (C=O) groups excluding carboxylic acids is 1. The van der Waals surface area contributed by atoms with Crippen molar-refractivity contribution < 1.29 is 18.3 Å². The predicted octanol–water partition coefficient (Wildman–Crippen LogP) is 5.40. The van der Waals surface area contributed by atoms with Crippen LogP contribution in [0, 0.1) is 17.0 Å². The number of methoxy groups -OCH3 is 1. The molecule has 10 heteroatoms. The molecule has 1 saturated heterocycles. The van der Waals surface area contributed by atoms with Gasteiger partial charge in [-0.2, -0.15) is 0 Å². The minimum absolute atomic E-state index is 0.0989. The van der Waals surface area contributed by atoms with Gasteiger partial charge >= 0.3 is 5.97 Å². The Morgan fingerprint density at radius 3 is 2.14 bits per heavy atom. The summed E-state index contributed by atoms with van der Waals surface area (Å²) >= 11 is 11.5. The summed E-state index contributed by atoms with van der Waals surface area (Å²) in [7, 11) is 1.40. The molecule has 0 unspecified atom stereocenters. The summed E-state index contributed by atoms with van der Waals surface area (Å²) in [6.07, 6.45) is 4.28. The van der Waals surface area contributed by atoms with Crippen molar-refractivity contribution >= 4 is 55.2 Å². The maximum Gasteiger partial charge on any atom is 0.311 e. The molecule has 0 N–H and O–H groups in total. The van der Waals surface area contributed by atoms with Crippen molar-refractivity contribution in [2.45, 2.75) is 19.8 Å². The zero-order valence-corrected chi connectivity index (χ0v) is 19.1. The van der Waals surface area contributed by atoms with Gasteiger partial charge in [0.25, 0.3) is 0 Å². The first-order chi connectivity index (χ1) is 13.2. The summed E-state index contributed by atoms with van der Waals surface area (Å²) in [6.45, 7) is 3.08. The van der Waals surface area contributed by atoms with Crippen molar-refractivity contribution in [3.05, 3.63) is 50.3 Å². The SMILES string of the molecule is COC(=O)C1(C)CCN(c2ncc(Br)cc2F)CC1.Fc1cc(Br)cnc1Cl. The second kappa shape index (κ2) is 9.93. The van der Waals surface area contributed by atoms with E-state index in [1.54, 1.807) is 6.20 Å². The maximum atomic E-state index is 13.8. The Morgan fingerprint density at radius 2 is 1.68 bits per heavy atom. The predicted molar refractivity (Wildman–Crippen MR) is 110 cm³/mol. The molecule has 0 saturated carbocycles. The molecule has 0 amide bonds. The van der Waals surface area contributed by atoms with Crippen molar-refractivity contribution in [1.82, 2.24) is 9.97 Å². The zero-order chi connectivity index (χ0) is 20.9. The van der Waals surface area contributed by atoms with E-state index >= 15 is 0 Å². The first-order valence-electron chi connectivity index (χ1n) is 8.27. The lowest BCUT2D eigenvalue weighted by Gasteiger charge is -2.37. The molecule has 1 fully saturated rings. The van der Waals surface area contributed by atoms with E-state index in [0.717, 1.165) is 0 Å². The molecule has 3 heterocycles. The van der Waals surface area contributed by atoms with Crippen LogP contribution in [0.4, 0.5) is 14.6 Å². The smallest absolute Gasteiger partial charge is 0.311 e. The molecule has 0 aliphatic carbocycles. The summed E-state index contributed by atoms with van der Waals surface area (Å²) in [5, 5.41) is -0.0989. The van der Waals surface area contributed by atoms with Crippen LogP contribution in [0.25, 0.3) is 0 Å². The molecule has 28 heavy (non-hydrogen) atoms. The van der Waals surface area contributed by atoms with Gasteiger partial charge in [0.1, 0.15) is 0 Å². The Kier molecular flexibility index (Phi) is 8.15. The van der Waals surface area contributed by atoms with Crippen molar-refractivity contribution in [2.75, 3.05) is 25.1 Å². The first-order valence-corrected chi connectivity index (χ1v) is 10.2. The minimum atomic E-state index is -0.508. The van der Waals surface area contributed by atoms with Crippen molar-refractivity contribution in [2.24, 2.45) is 5.41 Å². The van der Waals surface area contributed by atoms with Crippen molar-refractivity contribution in [3.63, 3.8) is 0 Å². The van der Waals surface area contributed by atoms with Gasteiger partial charge in [0, 0.05) is 34.4 Å². The highest BCUT2D eigenvalue weighted by Crippen LogP contribution is 2.34. The topological polar surface area (TPSA) is 55.3 Å². The van der Waals surface area contributed by atoms with Crippen LogP contribution in [0.2, 0.25) is 5.15 Å². The molecule has 5 nitrogen and oxygen atoms in total. The van der Waals surface area contributed by atoms with Crippen LogP contribution < -0.4 is 4.90 Å². The van der Waals surface area contributed by atoms with E-state index in [2.05, 4.69) is 41.8 Å². The van der Waals surface area contributed by atoms with Crippen LogP contribution in [-0.2, 0) is 9.53 Å². The molecule has 0 radical (unpaired) electrons. The number of halogens is 5. The summed E-state index contributed by atoms with van der Waals surface area (Å²) in [6, 6.07) is 2.66. The Bertz CT molecular complexity index is 850. The maximum absolute atomic E-state index is 13.8. The average Bonchev–Trinajstić information content (AvgIpc) is 2.66. The molecule has 152 valence electrons. The Hall–Kier alpha value is -1.32. The van der Waals surface area contributed by atoms with Gasteiger partial charge in [-0.25, -0.2) is 18.7 Å². The molecule has 0 atom stereocenters. The van der Waals surface area contributed by atoms with Gasteiger partial charge in [-0.15, -0.1) is 0 Å². The van der Waals surface area contributed by atoms with Gasteiger partial charge < -0.3 is 9.64 Å². The highest BCUT2D eigenvalue weighted by molar-refractivity contribution is 9.10. The van der Waals surface area contributed by atoms with Gasteiger partial charge in [-0.1, -0.05) is 11.6 Å². The molecule has 3 rings (SSSR count). The lowest BCUT2D eigenvalue weighted by Crippen LogP contribution is -2.43. The van der Waals surface area contributed by atoms with Crippen molar-refractivity contribution in [1.29, 1.82) is 0 Å². The molecule has 0 aromatic carbocycles. The Balaban J connectivity index is 0.000000261. The van der Waals surface area contributed by atoms with Crippen LogP contribution in [0.1, 0.15) is 19.8 Å². The highest BCUT2D eigenvalue weighted by atomic mass is 79.9. The van der Waals surface area contributed by atoms with Crippen LogP contribution in [0.3, 0.4) is 0 Å². The van der Waals surface area contributed by atoms with E-state index in [0.29, 0.717) is 40.7 Å². The zero-order valence-electron chi connectivity index (χ0n) is 15.2. The molecule has 2 aromatic rings. The number of nitrogens with zero attached hydrogens (tertiary/aromatic N) is 3. The number of carbonyl (C=O) groups is 1. The highest BCUT2D eigenvalue weighted by Gasteiger charge is 2.38. The third-order valence-electron chi connectivity index (χ3n) is 4.40. The number of hydrogen-bond acceptors (Lipinski definition) is 5. The lowest BCUT2D eigenvalue weighted by atomic mass is 9.80. The average molecular weight is 542 g/mol. The van der Waals surface area contributed by atoms with E-state index in [1.807, 2.05) is 11.8 Å². The number of ether oxygens (including phenoxy) is 1. The summed E-state index contributed by atoms with van der Waals surface area (Å²) in [4.78, 5) is 21.2. The fourth-order valence-electron chi connectivity index (χ4n) is 2.70. The first kappa shape index (κ1) is 23.0. The Labute approximate surface area is 183 Å². The fraction of sp³-hybridized carbons (Fsp3) is 0.389. The molecular formula is C18H18Br2ClF2N3O2.